The van der Waals surface area contributed by atoms with Crippen LogP contribution in [0.15, 0.2) is 72.1 Å². The molecule has 0 aliphatic rings. The van der Waals surface area contributed by atoms with Gasteiger partial charge in [-0.2, -0.15) is 5.10 Å². The van der Waals surface area contributed by atoms with E-state index in [1.54, 1.807) is 41.0 Å². The number of hydrogen-bond donors (Lipinski definition) is 0. The van der Waals surface area contributed by atoms with Gasteiger partial charge in [0.15, 0.2) is 11.6 Å². The van der Waals surface area contributed by atoms with Gasteiger partial charge in [0.25, 0.3) is 5.91 Å². The molecule has 2 aromatic heterocycles. The summed E-state index contributed by atoms with van der Waals surface area (Å²) in [7, 11) is 1.60. The van der Waals surface area contributed by atoms with Crippen molar-refractivity contribution in [3.63, 3.8) is 0 Å². The summed E-state index contributed by atoms with van der Waals surface area (Å²) in [5, 5.41) is 6.74. The van der Waals surface area contributed by atoms with Gasteiger partial charge in [0.2, 0.25) is 5.88 Å². The third-order valence-corrected chi connectivity index (χ3v) is 6.35. The summed E-state index contributed by atoms with van der Waals surface area (Å²) in [4.78, 5) is 15.7. The van der Waals surface area contributed by atoms with Crippen molar-refractivity contribution in [2.24, 2.45) is 0 Å². The number of benzene rings is 2. The van der Waals surface area contributed by atoms with Crippen LogP contribution in [-0.2, 0) is 11.3 Å². The minimum absolute atomic E-state index is 0.0408. The fourth-order valence-electron chi connectivity index (χ4n) is 3.74. The molecule has 0 saturated carbocycles. The maximum atomic E-state index is 14.6. The number of ether oxygens (including phenoxy) is 2. The van der Waals surface area contributed by atoms with Gasteiger partial charge in [-0.3, -0.25) is 4.79 Å². The van der Waals surface area contributed by atoms with Crippen LogP contribution < -0.4 is 4.74 Å². The van der Waals surface area contributed by atoms with Crippen molar-refractivity contribution in [3.8, 4) is 17.3 Å². The minimum Gasteiger partial charge on any atom is -0.435 e. The fourth-order valence-corrected chi connectivity index (χ4v) is 4.44. The van der Waals surface area contributed by atoms with Gasteiger partial charge in [-0.25, -0.2) is 9.07 Å². The Morgan fingerprint density at radius 3 is 2.49 bits per heavy atom. The van der Waals surface area contributed by atoms with Gasteiger partial charge in [0, 0.05) is 13.7 Å². The quantitative estimate of drug-likeness (QED) is 0.261. The monoisotopic (exact) mass is 493 g/mol. The van der Waals surface area contributed by atoms with Gasteiger partial charge in [-0.1, -0.05) is 50.2 Å². The highest BCUT2D eigenvalue weighted by Crippen LogP contribution is 2.36. The molecule has 0 unspecified atom stereocenters. The molecule has 0 radical (unpaired) electrons. The van der Waals surface area contributed by atoms with Crippen molar-refractivity contribution >= 4 is 17.2 Å². The second kappa shape index (κ2) is 11.3. The molecule has 0 aliphatic heterocycles. The predicted octanol–water partition coefficient (Wildman–Crippen LogP) is 6.28. The van der Waals surface area contributed by atoms with Crippen LogP contribution >= 0.6 is 11.3 Å². The first-order valence-electron chi connectivity index (χ1n) is 11.4. The maximum Gasteiger partial charge on any atom is 0.264 e. The average Bonchev–Trinajstić information content (AvgIpc) is 3.52. The van der Waals surface area contributed by atoms with Crippen molar-refractivity contribution in [3.05, 3.63) is 94.1 Å². The molecule has 35 heavy (non-hydrogen) atoms. The van der Waals surface area contributed by atoms with Gasteiger partial charge in [-0.05, 0) is 41.6 Å². The molecule has 0 spiro atoms. The standard InChI is InChI=1S/C27H28FN3O3S/c1-19(2)25-21(18-30(15-16-33-3)26(32)24-14-9-17-35-24)27(34-23-13-8-7-12-22(23)28)31(29-25)20-10-5-4-6-11-20/h4-14,17,19H,15-16,18H2,1-3H3. The van der Waals surface area contributed by atoms with E-state index < -0.39 is 5.82 Å². The SMILES string of the molecule is COCCN(Cc1c(C(C)C)nn(-c2ccccc2)c1Oc1ccccc1F)C(=O)c1cccs1. The van der Waals surface area contributed by atoms with E-state index in [2.05, 4.69) is 0 Å². The summed E-state index contributed by atoms with van der Waals surface area (Å²) in [5.41, 5.74) is 2.29. The largest absolute Gasteiger partial charge is 0.435 e. The Morgan fingerprint density at radius 2 is 1.83 bits per heavy atom. The summed E-state index contributed by atoms with van der Waals surface area (Å²) in [5.74, 6) is -0.0630. The molecule has 0 atom stereocenters. The fraction of sp³-hybridized carbons (Fsp3) is 0.259. The van der Waals surface area contributed by atoms with E-state index in [4.69, 9.17) is 14.6 Å². The number of nitrogens with zero attached hydrogens (tertiary/aromatic N) is 3. The van der Waals surface area contributed by atoms with E-state index in [1.807, 2.05) is 55.6 Å². The molecule has 6 nitrogen and oxygen atoms in total. The third-order valence-electron chi connectivity index (χ3n) is 5.49. The van der Waals surface area contributed by atoms with E-state index in [-0.39, 0.29) is 24.1 Å². The lowest BCUT2D eigenvalue weighted by molar-refractivity contribution is 0.0683. The molecule has 0 N–H and O–H groups in total. The van der Waals surface area contributed by atoms with Crippen LogP contribution in [0.3, 0.4) is 0 Å². The summed E-state index contributed by atoms with van der Waals surface area (Å²) in [6.45, 7) is 5.08. The highest BCUT2D eigenvalue weighted by Gasteiger charge is 2.27. The van der Waals surface area contributed by atoms with Crippen LogP contribution in [0, 0.1) is 5.82 Å². The Kier molecular flexibility index (Phi) is 7.94. The molecule has 4 aromatic rings. The Bertz CT molecular complexity index is 1260. The molecule has 182 valence electrons. The summed E-state index contributed by atoms with van der Waals surface area (Å²) in [6, 6.07) is 19.5. The third kappa shape index (κ3) is 5.61. The summed E-state index contributed by atoms with van der Waals surface area (Å²) >= 11 is 1.39. The maximum absolute atomic E-state index is 14.6. The van der Waals surface area contributed by atoms with Crippen molar-refractivity contribution < 1.29 is 18.7 Å². The zero-order valence-electron chi connectivity index (χ0n) is 20.0. The van der Waals surface area contributed by atoms with Crippen molar-refractivity contribution in [2.45, 2.75) is 26.3 Å². The minimum atomic E-state index is -0.476. The normalized spacial score (nSPS) is 11.1. The molecule has 2 heterocycles. The Labute approximate surface area is 208 Å². The van der Waals surface area contributed by atoms with Crippen LogP contribution in [0.25, 0.3) is 5.69 Å². The average molecular weight is 494 g/mol. The lowest BCUT2D eigenvalue weighted by atomic mass is 10.1. The Hall–Kier alpha value is -3.49. The first-order valence-corrected chi connectivity index (χ1v) is 12.3. The van der Waals surface area contributed by atoms with E-state index in [9.17, 15) is 9.18 Å². The number of hydrogen-bond acceptors (Lipinski definition) is 5. The topological polar surface area (TPSA) is 56.6 Å². The number of methoxy groups -OCH3 is 1. The number of rotatable bonds is 10. The van der Waals surface area contributed by atoms with Crippen LogP contribution in [0.2, 0.25) is 0 Å². The molecule has 1 amide bonds. The number of halogens is 1. The van der Waals surface area contributed by atoms with Crippen LogP contribution in [0.1, 0.15) is 40.7 Å². The van der Waals surface area contributed by atoms with Crippen LogP contribution in [-0.4, -0.2) is 40.8 Å². The second-order valence-electron chi connectivity index (χ2n) is 8.30. The van der Waals surface area contributed by atoms with E-state index in [0.717, 1.165) is 16.9 Å². The zero-order chi connectivity index (χ0) is 24.8. The van der Waals surface area contributed by atoms with E-state index in [0.29, 0.717) is 23.9 Å². The summed E-state index contributed by atoms with van der Waals surface area (Å²) in [6.07, 6.45) is 0. The van der Waals surface area contributed by atoms with Gasteiger partial charge < -0.3 is 14.4 Å². The molecule has 8 heteroatoms. The number of aromatic nitrogens is 2. The number of amides is 1. The molecule has 0 fully saturated rings. The second-order valence-corrected chi connectivity index (χ2v) is 9.25. The van der Waals surface area contributed by atoms with Gasteiger partial charge in [-0.15, -0.1) is 11.3 Å². The molecule has 0 aliphatic carbocycles. The first-order chi connectivity index (χ1) is 17.0. The molecule has 0 bridgehead atoms. The number of thiophene rings is 1. The van der Waals surface area contributed by atoms with Crippen molar-refractivity contribution in [2.75, 3.05) is 20.3 Å². The highest BCUT2D eigenvalue weighted by atomic mass is 32.1. The van der Waals surface area contributed by atoms with Gasteiger partial charge in [0.1, 0.15) is 0 Å². The Morgan fingerprint density at radius 1 is 1.09 bits per heavy atom. The van der Waals surface area contributed by atoms with Gasteiger partial charge in [0.05, 0.1) is 35.0 Å². The smallest absolute Gasteiger partial charge is 0.264 e. The van der Waals surface area contributed by atoms with Gasteiger partial charge >= 0.3 is 0 Å². The number of carbonyl (C=O) groups excluding carboxylic acids is 1. The van der Waals surface area contributed by atoms with Crippen LogP contribution in [0.4, 0.5) is 4.39 Å². The number of carbonyl (C=O) groups is 1. The first kappa shape index (κ1) is 24.6. The molecular weight excluding hydrogens is 465 g/mol. The molecule has 4 rings (SSSR count). The molecule has 0 saturated heterocycles. The zero-order valence-corrected chi connectivity index (χ0v) is 20.8. The Balaban J connectivity index is 1.83. The lowest BCUT2D eigenvalue weighted by Gasteiger charge is -2.23. The summed E-state index contributed by atoms with van der Waals surface area (Å²) < 4.78 is 27.8. The van der Waals surface area contributed by atoms with Crippen molar-refractivity contribution in [1.82, 2.24) is 14.7 Å². The van der Waals surface area contributed by atoms with Crippen molar-refractivity contribution in [1.29, 1.82) is 0 Å². The predicted molar refractivity (Wildman–Crippen MR) is 135 cm³/mol. The molecule has 2 aromatic carbocycles. The lowest BCUT2D eigenvalue weighted by Crippen LogP contribution is -2.33. The molecular formula is C27H28FN3O3S. The number of para-hydroxylation sites is 2. The van der Waals surface area contributed by atoms with E-state index in [1.165, 1.54) is 17.4 Å². The highest BCUT2D eigenvalue weighted by molar-refractivity contribution is 7.12. The van der Waals surface area contributed by atoms with E-state index >= 15 is 0 Å². The van der Waals surface area contributed by atoms with Crippen LogP contribution in [0.5, 0.6) is 11.6 Å².